The second-order valence-electron chi connectivity index (χ2n) is 6.81. The van der Waals surface area contributed by atoms with Gasteiger partial charge in [0.25, 0.3) is 0 Å². The SMILES string of the molecule is COC(=O)C(C)(CCCN(C)C(C)C(C)C)NC1CC1. The molecule has 0 aliphatic heterocycles. The van der Waals surface area contributed by atoms with Crippen molar-refractivity contribution >= 4 is 5.97 Å². The molecule has 0 amide bonds. The minimum atomic E-state index is -0.530. The maximum Gasteiger partial charge on any atom is 0.325 e. The minimum absolute atomic E-state index is 0.135. The number of rotatable bonds is 9. The first-order chi connectivity index (χ1) is 9.30. The molecule has 2 unspecified atom stereocenters. The molecule has 0 aromatic rings. The van der Waals surface area contributed by atoms with E-state index in [-0.39, 0.29) is 5.97 Å². The summed E-state index contributed by atoms with van der Waals surface area (Å²) < 4.78 is 4.97. The third kappa shape index (κ3) is 5.06. The zero-order chi connectivity index (χ0) is 15.3. The molecule has 0 heterocycles. The summed E-state index contributed by atoms with van der Waals surface area (Å²) in [5.74, 6) is 0.514. The maximum absolute atomic E-state index is 12.0. The van der Waals surface area contributed by atoms with Gasteiger partial charge in [-0.15, -0.1) is 0 Å². The van der Waals surface area contributed by atoms with Crippen LogP contribution in [-0.2, 0) is 9.53 Å². The summed E-state index contributed by atoms with van der Waals surface area (Å²) >= 11 is 0. The highest BCUT2D eigenvalue weighted by molar-refractivity contribution is 5.80. The summed E-state index contributed by atoms with van der Waals surface area (Å²) in [4.78, 5) is 14.4. The Bertz CT molecular complexity index is 316. The molecule has 0 aromatic carbocycles. The number of carbonyl (C=O) groups is 1. The second-order valence-corrected chi connectivity index (χ2v) is 6.81. The van der Waals surface area contributed by atoms with Crippen LogP contribution in [0.3, 0.4) is 0 Å². The van der Waals surface area contributed by atoms with Crippen LogP contribution in [0.4, 0.5) is 0 Å². The molecule has 1 saturated carbocycles. The lowest BCUT2D eigenvalue weighted by Crippen LogP contribution is -2.51. The number of hydrogen-bond donors (Lipinski definition) is 1. The lowest BCUT2D eigenvalue weighted by molar-refractivity contribution is -0.148. The van der Waals surface area contributed by atoms with E-state index in [1.807, 2.05) is 6.92 Å². The molecule has 2 atom stereocenters. The first kappa shape index (κ1) is 17.4. The summed E-state index contributed by atoms with van der Waals surface area (Å²) in [6.07, 6.45) is 4.18. The summed E-state index contributed by atoms with van der Waals surface area (Å²) in [5, 5.41) is 3.45. The average Bonchev–Trinajstić information content (AvgIpc) is 3.20. The van der Waals surface area contributed by atoms with Crippen molar-refractivity contribution < 1.29 is 9.53 Å². The molecule has 1 aliphatic carbocycles. The fourth-order valence-corrected chi connectivity index (χ4v) is 2.53. The van der Waals surface area contributed by atoms with E-state index in [0.717, 1.165) is 19.4 Å². The lowest BCUT2D eigenvalue weighted by Gasteiger charge is -2.31. The van der Waals surface area contributed by atoms with Crippen LogP contribution in [0.1, 0.15) is 53.4 Å². The second kappa shape index (κ2) is 7.41. The van der Waals surface area contributed by atoms with Crippen LogP contribution in [0.2, 0.25) is 0 Å². The number of ether oxygens (including phenoxy) is 1. The summed E-state index contributed by atoms with van der Waals surface area (Å²) in [7, 11) is 3.64. The van der Waals surface area contributed by atoms with E-state index >= 15 is 0 Å². The Morgan fingerprint density at radius 2 is 2.00 bits per heavy atom. The number of nitrogens with one attached hydrogen (secondary N) is 1. The molecule has 1 fully saturated rings. The Kier molecular flexibility index (Phi) is 6.46. The van der Waals surface area contributed by atoms with Crippen molar-refractivity contribution in [1.29, 1.82) is 0 Å². The average molecular weight is 284 g/mol. The Hall–Kier alpha value is -0.610. The monoisotopic (exact) mass is 284 g/mol. The van der Waals surface area contributed by atoms with Crippen LogP contribution in [-0.4, -0.2) is 49.2 Å². The molecule has 1 N–H and O–H groups in total. The van der Waals surface area contributed by atoms with Gasteiger partial charge in [-0.2, -0.15) is 0 Å². The van der Waals surface area contributed by atoms with Gasteiger partial charge in [-0.05, 0) is 59.0 Å². The van der Waals surface area contributed by atoms with E-state index in [4.69, 9.17) is 4.74 Å². The standard InChI is InChI=1S/C16H32N2O2/c1-12(2)13(3)18(5)11-7-10-16(4,15(19)20-6)17-14-8-9-14/h12-14,17H,7-11H2,1-6H3. The van der Waals surface area contributed by atoms with E-state index in [1.54, 1.807) is 0 Å². The van der Waals surface area contributed by atoms with Gasteiger partial charge >= 0.3 is 5.97 Å². The van der Waals surface area contributed by atoms with Crippen LogP contribution in [0.25, 0.3) is 0 Å². The van der Waals surface area contributed by atoms with Crippen LogP contribution in [0.5, 0.6) is 0 Å². The Labute approximate surface area is 124 Å². The van der Waals surface area contributed by atoms with Gasteiger partial charge in [0.05, 0.1) is 7.11 Å². The predicted octanol–water partition coefficient (Wildman–Crippen LogP) is 2.43. The van der Waals surface area contributed by atoms with Crippen molar-refractivity contribution in [2.24, 2.45) is 5.92 Å². The molecule has 4 heteroatoms. The maximum atomic E-state index is 12.0. The molecule has 4 nitrogen and oxygen atoms in total. The quantitative estimate of drug-likeness (QED) is 0.660. The molecule has 1 rings (SSSR count). The van der Waals surface area contributed by atoms with E-state index in [0.29, 0.717) is 18.0 Å². The van der Waals surface area contributed by atoms with Crippen molar-refractivity contribution in [3.63, 3.8) is 0 Å². The number of esters is 1. The number of carbonyl (C=O) groups excluding carboxylic acids is 1. The van der Waals surface area contributed by atoms with Gasteiger partial charge in [0.2, 0.25) is 0 Å². The topological polar surface area (TPSA) is 41.6 Å². The fraction of sp³-hybridized carbons (Fsp3) is 0.938. The van der Waals surface area contributed by atoms with Crippen molar-refractivity contribution in [2.45, 2.75) is 71.0 Å². The molecule has 0 bridgehead atoms. The molecule has 1 aliphatic rings. The number of nitrogens with zero attached hydrogens (tertiary/aromatic N) is 1. The summed E-state index contributed by atoms with van der Waals surface area (Å²) in [5.41, 5.74) is -0.530. The lowest BCUT2D eigenvalue weighted by atomic mass is 9.95. The highest BCUT2D eigenvalue weighted by Crippen LogP contribution is 2.25. The third-order valence-electron chi connectivity index (χ3n) is 4.58. The van der Waals surface area contributed by atoms with Gasteiger partial charge < -0.3 is 9.64 Å². The minimum Gasteiger partial charge on any atom is -0.468 e. The van der Waals surface area contributed by atoms with Gasteiger partial charge in [-0.25, -0.2) is 0 Å². The third-order valence-corrected chi connectivity index (χ3v) is 4.58. The highest BCUT2D eigenvalue weighted by atomic mass is 16.5. The first-order valence-corrected chi connectivity index (χ1v) is 7.86. The molecule has 0 radical (unpaired) electrons. The van der Waals surface area contributed by atoms with Gasteiger partial charge in [-0.1, -0.05) is 13.8 Å². The smallest absolute Gasteiger partial charge is 0.325 e. The van der Waals surface area contributed by atoms with E-state index in [1.165, 1.54) is 20.0 Å². The highest BCUT2D eigenvalue weighted by Gasteiger charge is 2.38. The van der Waals surface area contributed by atoms with Gasteiger partial charge in [0.15, 0.2) is 0 Å². The number of methoxy groups -OCH3 is 1. The van der Waals surface area contributed by atoms with Crippen molar-refractivity contribution in [3.8, 4) is 0 Å². The van der Waals surface area contributed by atoms with Crippen LogP contribution >= 0.6 is 0 Å². The van der Waals surface area contributed by atoms with E-state index < -0.39 is 5.54 Å². The molecule has 20 heavy (non-hydrogen) atoms. The van der Waals surface area contributed by atoms with E-state index in [9.17, 15) is 4.79 Å². The largest absolute Gasteiger partial charge is 0.468 e. The van der Waals surface area contributed by atoms with Crippen molar-refractivity contribution in [3.05, 3.63) is 0 Å². The molecule has 0 saturated heterocycles. The van der Waals surface area contributed by atoms with Crippen LogP contribution in [0, 0.1) is 5.92 Å². The summed E-state index contributed by atoms with van der Waals surface area (Å²) in [6, 6.07) is 1.07. The molecular formula is C16H32N2O2. The molecule has 118 valence electrons. The van der Waals surface area contributed by atoms with Gasteiger partial charge in [0.1, 0.15) is 5.54 Å². The molecule has 0 spiro atoms. The van der Waals surface area contributed by atoms with Crippen molar-refractivity contribution in [1.82, 2.24) is 10.2 Å². The predicted molar refractivity (Wildman–Crippen MR) is 82.7 cm³/mol. The zero-order valence-electron chi connectivity index (χ0n) is 14.0. The number of hydrogen-bond acceptors (Lipinski definition) is 4. The fourth-order valence-electron chi connectivity index (χ4n) is 2.53. The Balaban J connectivity index is 2.44. The van der Waals surface area contributed by atoms with Crippen LogP contribution in [0.15, 0.2) is 0 Å². The van der Waals surface area contributed by atoms with Gasteiger partial charge in [-0.3, -0.25) is 10.1 Å². The van der Waals surface area contributed by atoms with Crippen molar-refractivity contribution in [2.75, 3.05) is 20.7 Å². The molecular weight excluding hydrogens is 252 g/mol. The normalized spacial score (nSPS) is 20.0. The zero-order valence-corrected chi connectivity index (χ0v) is 14.0. The Morgan fingerprint density at radius 1 is 1.40 bits per heavy atom. The van der Waals surface area contributed by atoms with E-state index in [2.05, 4.69) is 38.0 Å². The first-order valence-electron chi connectivity index (χ1n) is 7.86. The molecule has 0 aromatic heterocycles. The van der Waals surface area contributed by atoms with Gasteiger partial charge in [0, 0.05) is 12.1 Å². The summed E-state index contributed by atoms with van der Waals surface area (Å²) in [6.45, 7) is 9.73. The van der Waals surface area contributed by atoms with Crippen LogP contribution < -0.4 is 5.32 Å². The Morgan fingerprint density at radius 3 is 2.45 bits per heavy atom.